The van der Waals surface area contributed by atoms with Crippen LogP contribution in [-0.4, -0.2) is 11.3 Å². The quantitative estimate of drug-likeness (QED) is 0.914. The molecule has 0 atom stereocenters. The van der Waals surface area contributed by atoms with Gasteiger partial charge in [0, 0.05) is 17.2 Å². The fourth-order valence-corrected chi connectivity index (χ4v) is 1.45. The molecule has 1 rings (SSSR count). The van der Waals surface area contributed by atoms with Crippen LogP contribution in [0.2, 0.25) is 5.02 Å². The summed E-state index contributed by atoms with van der Waals surface area (Å²) in [5, 5.41) is -0.254. The third-order valence-electron chi connectivity index (χ3n) is 1.43. The number of alkyl halides is 3. The third kappa shape index (κ3) is 3.22. The second-order valence-corrected chi connectivity index (χ2v) is 3.64. The molecule has 0 radical (unpaired) electrons. The summed E-state index contributed by atoms with van der Waals surface area (Å²) in [6.07, 6.45) is -3.66. The highest BCUT2D eigenvalue weighted by Gasteiger charge is 2.33. The van der Waals surface area contributed by atoms with E-state index in [1.54, 1.807) is 0 Å². The first-order valence-corrected chi connectivity index (χ1v) is 4.81. The Hall–Kier alpha value is -0.530. The van der Waals surface area contributed by atoms with E-state index >= 15 is 0 Å². The molecule has 1 aromatic heterocycles. The van der Waals surface area contributed by atoms with Gasteiger partial charge in [0.2, 0.25) is 5.88 Å². The van der Waals surface area contributed by atoms with Crippen molar-refractivity contribution < 1.29 is 17.9 Å². The van der Waals surface area contributed by atoms with Crippen molar-refractivity contribution in [3.8, 4) is 5.88 Å². The van der Waals surface area contributed by atoms with E-state index in [0.717, 1.165) is 6.20 Å². The molecule has 84 valence electrons. The molecule has 0 aliphatic heterocycles. The normalized spacial score (nSPS) is 11.6. The Kier molecular flexibility index (Phi) is 3.80. The number of pyridine rings is 1. The van der Waals surface area contributed by atoms with Crippen molar-refractivity contribution >= 4 is 27.5 Å². The van der Waals surface area contributed by atoms with E-state index in [-0.39, 0.29) is 16.0 Å². The summed E-state index contributed by atoms with van der Waals surface area (Å²) in [4.78, 5) is 3.41. The Morgan fingerprint density at radius 2 is 2.13 bits per heavy atom. The highest BCUT2D eigenvalue weighted by atomic mass is 79.9. The molecule has 0 saturated heterocycles. The maximum Gasteiger partial charge on any atom is 0.574 e. The lowest BCUT2D eigenvalue weighted by Crippen LogP contribution is -2.18. The minimum Gasteiger partial charge on any atom is -0.386 e. The Morgan fingerprint density at radius 1 is 1.53 bits per heavy atom. The van der Waals surface area contributed by atoms with Crippen LogP contribution < -0.4 is 10.5 Å². The van der Waals surface area contributed by atoms with Crippen LogP contribution in [0, 0.1) is 0 Å². The number of hydrogen-bond acceptors (Lipinski definition) is 3. The Balaban J connectivity index is 3.07. The van der Waals surface area contributed by atoms with Crippen LogP contribution in [0.3, 0.4) is 0 Å². The second kappa shape index (κ2) is 4.54. The largest absolute Gasteiger partial charge is 0.574 e. The number of nitrogens with two attached hydrogens (primary N) is 1. The summed E-state index contributed by atoms with van der Waals surface area (Å²) in [7, 11) is 0. The number of rotatable bonds is 2. The van der Waals surface area contributed by atoms with Gasteiger partial charge in [0.1, 0.15) is 5.02 Å². The van der Waals surface area contributed by atoms with Crippen LogP contribution in [0.1, 0.15) is 5.56 Å². The van der Waals surface area contributed by atoms with Crippen molar-refractivity contribution in [1.82, 2.24) is 4.98 Å². The maximum atomic E-state index is 11.9. The average molecular weight is 305 g/mol. The number of ether oxygens (including phenoxy) is 1. The summed E-state index contributed by atoms with van der Waals surface area (Å²) in [5.74, 6) is -0.701. The first kappa shape index (κ1) is 12.5. The highest BCUT2D eigenvalue weighted by Crippen LogP contribution is 2.35. The molecule has 0 aromatic carbocycles. The molecule has 0 bridgehead atoms. The van der Waals surface area contributed by atoms with Gasteiger partial charge in [0.05, 0.1) is 0 Å². The molecule has 0 unspecified atom stereocenters. The molecule has 8 heteroatoms. The van der Waals surface area contributed by atoms with Crippen LogP contribution in [0.25, 0.3) is 0 Å². The topological polar surface area (TPSA) is 48.1 Å². The van der Waals surface area contributed by atoms with Gasteiger partial charge in [-0.2, -0.15) is 0 Å². The fourth-order valence-electron chi connectivity index (χ4n) is 0.808. The molecule has 0 aliphatic rings. The van der Waals surface area contributed by atoms with E-state index in [1.165, 1.54) is 0 Å². The van der Waals surface area contributed by atoms with Gasteiger partial charge in [-0.1, -0.05) is 11.6 Å². The summed E-state index contributed by atoms with van der Waals surface area (Å²) in [6, 6.07) is 0. The van der Waals surface area contributed by atoms with Gasteiger partial charge in [-0.25, -0.2) is 4.98 Å². The lowest BCUT2D eigenvalue weighted by Gasteiger charge is -2.11. The van der Waals surface area contributed by atoms with E-state index in [9.17, 15) is 13.2 Å². The molecule has 1 heterocycles. The van der Waals surface area contributed by atoms with Crippen LogP contribution in [0.4, 0.5) is 13.2 Å². The monoisotopic (exact) mass is 304 g/mol. The minimum atomic E-state index is -4.82. The zero-order valence-electron chi connectivity index (χ0n) is 7.11. The van der Waals surface area contributed by atoms with Crippen LogP contribution >= 0.6 is 27.5 Å². The lowest BCUT2D eigenvalue weighted by molar-refractivity contribution is -0.276. The van der Waals surface area contributed by atoms with Crippen molar-refractivity contribution in [3.63, 3.8) is 0 Å². The molecular weight excluding hydrogens is 300 g/mol. The Bertz CT molecular complexity index is 372. The summed E-state index contributed by atoms with van der Waals surface area (Å²) < 4.78 is 39.5. The zero-order chi connectivity index (χ0) is 11.6. The summed E-state index contributed by atoms with van der Waals surface area (Å²) in [5.41, 5.74) is 5.80. The molecule has 0 fully saturated rings. The molecule has 1 aromatic rings. The van der Waals surface area contributed by atoms with E-state index in [4.69, 9.17) is 17.3 Å². The van der Waals surface area contributed by atoms with Crippen molar-refractivity contribution in [3.05, 3.63) is 21.3 Å². The van der Waals surface area contributed by atoms with Crippen LogP contribution in [0.15, 0.2) is 10.7 Å². The van der Waals surface area contributed by atoms with Crippen LogP contribution in [0.5, 0.6) is 5.88 Å². The smallest absolute Gasteiger partial charge is 0.386 e. The van der Waals surface area contributed by atoms with E-state index < -0.39 is 12.2 Å². The van der Waals surface area contributed by atoms with Crippen molar-refractivity contribution in [2.24, 2.45) is 5.73 Å². The first-order chi connectivity index (χ1) is 6.85. The van der Waals surface area contributed by atoms with E-state index in [1.807, 2.05) is 0 Å². The zero-order valence-corrected chi connectivity index (χ0v) is 9.45. The number of nitrogens with zero attached hydrogens (tertiary/aromatic N) is 1. The third-order valence-corrected chi connectivity index (χ3v) is 2.92. The van der Waals surface area contributed by atoms with Gasteiger partial charge < -0.3 is 10.5 Å². The molecule has 0 saturated carbocycles. The van der Waals surface area contributed by atoms with E-state index in [2.05, 4.69) is 25.7 Å². The Labute approximate surface area is 96.5 Å². The molecule has 0 aliphatic carbocycles. The summed E-state index contributed by atoms with van der Waals surface area (Å²) in [6.45, 7) is 0.111. The highest BCUT2D eigenvalue weighted by molar-refractivity contribution is 9.10. The molecule has 2 N–H and O–H groups in total. The van der Waals surface area contributed by atoms with Gasteiger partial charge in [0.25, 0.3) is 0 Å². The van der Waals surface area contributed by atoms with Gasteiger partial charge in [0.15, 0.2) is 0 Å². The second-order valence-electron chi connectivity index (χ2n) is 2.47. The standard InChI is InChI=1S/C7H5BrClF3N2O/c8-4-3(1-13)2-14-6(5(4)9)15-7(10,11)12/h2H,1,13H2. The first-order valence-electron chi connectivity index (χ1n) is 3.64. The van der Waals surface area contributed by atoms with Gasteiger partial charge in [-0.05, 0) is 21.5 Å². The summed E-state index contributed by atoms with van der Waals surface area (Å²) >= 11 is 8.59. The van der Waals surface area contributed by atoms with Gasteiger partial charge in [-0.3, -0.25) is 0 Å². The number of hydrogen-bond donors (Lipinski definition) is 1. The molecular formula is C7H5BrClF3N2O. The minimum absolute atomic E-state index is 0.111. The van der Waals surface area contributed by atoms with E-state index in [0.29, 0.717) is 5.56 Å². The molecule has 0 spiro atoms. The van der Waals surface area contributed by atoms with Crippen LogP contribution in [-0.2, 0) is 6.54 Å². The predicted octanol–water partition coefficient (Wildman–Crippen LogP) is 2.85. The van der Waals surface area contributed by atoms with Crippen molar-refractivity contribution in [2.45, 2.75) is 12.9 Å². The SMILES string of the molecule is NCc1cnc(OC(F)(F)F)c(Cl)c1Br. The van der Waals surface area contributed by atoms with Gasteiger partial charge in [-0.15, -0.1) is 13.2 Å². The number of halogens is 5. The average Bonchev–Trinajstić information content (AvgIpc) is 2.11. The van der Waals surface area contributed by atoms with Crippen molar-refractivity contribution in [1.29, 1.82) is 0 Å². The lowest BCUT2D eigenvalue weighted by atomic mass is 10.3. The molecule has 15 heavy (non-hydrogen) atoms. The maximum absolute atomic E-state index is 11.9. The number of aromatic nitrogens is 1. The molecule has 0 amide bonds. The predicted molar refractivity (Wildman–Crippen MR) is 51.5 cm³/mol. The Morgan fingerprint density at radius 3 is 2.60 bits per heavy atom. The molecule has 3 nitrogen and oxygen atoms in total. The van der Waals surface area contributed by atoms with Gasteiger partial charge >= 0.3 is 6.36 Å². The fraction of sp³-hybridized carbons (Fsp3) is 0.286. The van der Waals surface area contributed by atoms with Crippen molar-refractivity contribution in [2.75, 3.05) is 0 Å².